The van der Waals surface area contributed by atoms with Crippen molar-refractivity contribution in [2.75, 3.05) is 18.5 Å². The molecule has 0 fully saturated rings. The Hall–Kier alpha value is -1.52. The normalized spacial score (nSPS) is 10.0. The minimum absolute atomic E-state index is 0.140. The monoisotopic (exact) mass is 183 g/mol. The van der Waals surface area contributed by atoms with E-state index in [9.17, 15) is 4.79 Å². The second-order valence-electron chi connectivity index (χ2n) is 2.95. The van der Waals surface area contributed by atoms with Gasteiger partial charge < -0.3 is 10.0 Å². The number of aliphatic carboxylic acids is 1. The summed E-state index contributed by atoms with van der Waals surface area (Å²) in [5.74, 6) is -0.784. The number of hydrogen-bond acceptors (Lipinski definition) is 3. The average Bonchev–Trinajstić information content (AvgIpc) is 2.47. The van der Waals surface area contributed by atoms with E-state index in [1.54, 1.807) is 6.20 Å². The Morgan fingerprint density at radius 3 is 2.92 bits per heavy atom. The van der Waals surface area contributed by atoms with Crippen LogP contribution < -0.4 is 4.90 Å². The largest absolute Gasteiger partial charge is 0.481 e. The minimum Gasteiger partial charge on any atom is -0.481 e. The number of carbonyl (C=O) groups is 1. The maximum Gasteiger partial charge on any atom is 0.305 e. The van der Waals surface area contributed by atoms with Gasteiger partial charge >= 0.3 is 5.97 Å². The van der Waals surface area contributed by atoms with Crippen LogP contribution in [0.5, 0.6) is 0 Å². The molecule has 0 saturated heterocycles. The van der Waals surface area contributed by atoms with E-state index in [-0.39, 0.29) is 6.42 Å². The zero-order valence-corrected chi connectivity index (χ0v) is 7.74. The number of hydrogen-bond donors (Lipinski definition) is 2. The van der Waals surface area contributed by atoms with Gasteiger partial charge in [-0.25, -0.2) is 0 Å². The summed E-state index contributed by atoms with van der Waals surface area (Å²) in [5, 5.41) is 15.1. The van der Waals surface area contributed by atoms with Gasteiger partial charge in [-0.05, 0) is 6.92 Å². The summed E-state index contributed by atoms with van der Waals surface area (Å²) < 4.78 is 0. The quantitative estimate of drug-likeness (QED) is 0.718. The first kappa shape index (κ1) is 9.57. The summed E-state index contributed by atoms with van der Waals surface area (Å²) in [7, 11) is 1.85. The lowest BCUT2D eigenvalue weighted by atomic mass is 10.3. The Morgan fingerprint density at radius 1 is 1.77 bits per heavy atom. The van der Waals surface area contributed by atoms with Crippen LogP contribution in [0.4, 0.5) is 5.69 Å². The van der Waals surface area contributed by atoms with Crippen molar-refractivity contribution < 1.29 is 9.90 Å². The van der Waals surface area contributed by atoms with E-state index in [1.165, 1.54) is 0 Å². The molecule has 1 heterocycles. The number of anilines is 1. The molecule has 0 amide bonds. The van der Waals surface area contributed by atoms with Gasteiger partial charge in [0.1, 0.15) is 0 Å². The van der Waals surface area contributed by atoms with Gasteiger partial charge in [0.25, 0.3) is 0 Å². The van der Waals surface area contributed by atoms with E-state index < -0.39 is 5.97 Å². The number of nitrogens with zero attached hydrogens (tertiary/aromatic N) is 2. The number of H-pyrrole nitrogens is 1. The standard InChI is InChI=1S/C8H13N3O2/c1-6-7(5-9-10-6)11(2)4-3-8(12)13/h5H,3-4H2,1-2H3,(H,9,10)(H,12,13). The summed E-state index contributed by atoms with van der Waals surface area (Å²) in [6, 6.07) is 0. The fourth-order valence-corrected chi connectivity index (χ4v) is 1.11. The van der Waals surface area contributed by atoms with Gasteiger partial charge in [0, 0.05) is 13.6 Å². The molecule has 13 heavy (non-hydrogen) atoms. The maximum absolute atomic E-state index is 10.3. The molecule has 0 radical (unpaired) electrons. The highest BCUT2D eigenvalue weighted by Gasteiger charge is 2.07. The van der Waals surface area contributed by atoms with Gasteiger partial charge in [-0.1, -0.05) is 0 Å². The smallest absolute Gasteiger partial charge is 0.305 e. The molecule has 0 aliphatic heterocycles. The maximum atomic E-state index is 10.3. The first-order chi connectivity index (χ1) is 6.11. The van der Waals surface area contributed by atoms with Gasteiger partial charge in [-0.3, -0.25) is 9.89 Å². The number of carboxylic acids is 1. The van der Waals surface area contributed by atoms with Crippen LogP contribution in [-0.2, 0) is 4.79 Å². The third kappa shape index (κ3) is 2.47. The van der Waals surface area contributed by atoms with Crippen LogP contribution in [0.15, 0.2) is 6.20 Å². The Labute approximate surface area is 76.4 Å². The van der Waals surface area contributed by atoms with Gasteiger partial charge in [-0.2, -0.15) is 5.10 Å². The molecule has 5 nitrogen and oxygen atoms in total. The van der Waals surface area contributed by atoms with Crippen LogP contribution in [0, 0.1) is 6.92 Å². The van der Waals surface area contributed by atoms with Crippen molar-refractivity contribution in [3.8, 4) is 0 Å². The molecule has 0 bridgehead atoms. The Balaban J connectivity index is 2.53. The summed E-state index contributed by atoms with van der Waals surface area (Å²) in [4.78, 5) is 12.2. The molecule has 0 aromatic carbocycles. The van der Waals surface area contributed by atoms with Crippen LogP contribution >= 0.6 is 0 Å². The highest BCUT2D eigenvalue weighted by atomic mass is 16.4. The lowest BCUT2D eigenvalue weighted by Crippen LogP contribution is -2.21. The zero-order chi connectivity index (χ0) is 9.84. The summed E-state index contributed by atoms with van der Waals surface area (Å²) in [6.45, 7) is 2.40. The van der Waals surface area contributed by atoms with E-state index in [0.717, 1.165) is 11.4 Å². The summed E-state index contributed by atoms with van der Waals surface area (Å²) in [6.07, 6.45) is 1.83. The highest BCUT2D eigenvalue weighted by Crippen LogP contribution is 2.14. The third-order valence-electron chi connectivity index (χ3n) is 1.88. The van der Waals surface area contributed by atoms with Crippen molar-refractivity contribution in [2.45, 2.75) is 13.3 Å². The first-order valence-electron chi connectivity index (χ1n) is 4.04. The number of carboxylic acid groups (broad SMARTS) is 1. The van der Waals surface area contributed by atoms with Gasteiger partial charge in [-0.15, -0.1) is 0 Å². The van der Waals surface area contributed by atoms with E-state index in [2.05, 4.69) is 10.2 Å². The predicted octanol–water partition coefficient (Wildman–Crippen LogP) is 0.629. The molecule has 0 atom stereocenters. The first-order valence-corrected chi connectivity index (χ1v) is 4.04. The van der Waals surface area contributed by atoms with E-state index in [4.69, 9.17) is 5.11 Å². The predicted molar refractivity (Wildman–Crippen MR) is 48.8 cm³/mol. The highest BCUT2D eigenvalue weighted by molar-refractivity contribution is 5.67. The third-order valence-corrected chi connectivity index (χ3v) is 1.88. The zero-order valence-electron chi connectivity index (χ0n) is 7.74. The Bertz CT molecular complexity index is 295. The van der Waals surface area contributed by atoms with Crippen LogP contribution in [0.25, 0.3) is 0 Å². The molecule has 5 heteroatoms. The minimum atomic E-state index is -0.784. The van der Waals surface area contributed by atoms with Crippen molar-refractivity contribution in [3.63, 3.8) is 0 Å². The van der Waals surface area contributed by atoms with Crippen LogP contribution in [0.3, 0.4) is 0 Å². The molecule has 0 aliphatic carbocycles. The molecule has 0 aliphatic rings. The van der Waals surface area contributed by atoms with Gasteiger partial charge in [0.15, 0.2) is 0 Å². The van der Waals surface area contributed by atoms with Crippen molar-refractivity contribution in [1.29, 1.82) is 0 Å². The number of nitrogens with one attached hydrogen (secondary N) is 1. The molecule has 0 unspecified atom stereocenters. The molecule has 72 valence electrons. The molecule has 0 spiro atoms. The van der Waals surface area contributed by atoms with Crippen molar-refractivity contribution >= 4 is 11.7 Å². The fraction of sp³-hybridized carbons (Fsp3) is 0.500. The number of aromatic nitrogens is 2. The molecule has 0 saturated carbocycles. The molecule has 1 aromatic heterocycles. The topological polar surface area (TPSA) is 69.2 Å². The van der Waals surface area contributed by atoms with Gasteiger partial charge in [0.2, 0.25) is 0 Å². The summed E-state index contributed by atoms with van der Waals surface area (Å²) in [5.41, 5.74) is 1.90. The fourth-order valence-electron chi connectivity index (χ4n) is 1.11. The number of rotatable bonds is 4. The lowest BCUT2D eigenvalue weighted by Gasteiger charge is -2.16. The van der Waals surface area contributed by atoms with E-state index in [0.29, 0.717) is 6.54 Å². The molecule has 2 N–H and O–H groups in total. The molecule has 1 rings (SSSR count). The second kappa shape index (κ2) is 3.93. The van der Waals surface area contributed by atoms with Crippen molar-refractivity contribution in [2.24, 2.45) is 0 Å². The molecular formula is C8H13N3O2. The number of aromatic amines is 1. The van der Waals surface area contributed by atoms with E-state index in [1.807, 2.05) is 18.9 Å². The lowest BCUT2D eigenvalue weighted by molar-refractivity contribution is -0.136. The molecule has 1 aromatic rings. The van der Waals surface area contributed by atoms with Crippen LogP contribution in [0.2, 0.25) is 0 Å². The second-order valence-corrected chi connectivity index (χ2v) is 2.95. The molecular weight excluding hydrogens is 170 g/mol. The van der Waals surface area contributed by atoms with Gasteiger partial charge in [0.05, 0.1) is 24.0 Å². The summed E-state index contributed by atoms with van der Waals surface area (Å²) >= 11 is 0. The van der Waals surface area contributed by atoms with Crippen LogP contribution in [0.1, 0.15) is 12.1 Å². The number of aryl methyl sites for hydroxylation is 1. The van der Waals surface area contributed by atoms with Crippen LogP contribution in [-0.4, -0.2) is 34.9 Å². The van der Waals surface area contributed by atoms with Crippen molar-refractivity contribution in [3.05, 3.63) is 11.9 Å². The Morgan fingerprint density at radius 2 is 2.46 bits per heavy atom. The average molecular weight is 183 g/mol. The SMILES string of the molecule is Cc1[nH]ncc1N(C)CCC(=O)O. The van der Waals surface area contributed by atoms with Crippen molar-refractivity contribution in [1.82, 2.24) is 10.2 Å². The van der Waals surface area contributed by atoms with E-state index >= 15 is 0 Å². The Kier molecular flexibility index (Phi) is 2.89.